The van der Waals surface area contributed by atoms with Crippen molar-refractivity contribution in [1.82, 2.24) is 9.80 Å². The van der Waals surface area contributed by atoms with Crippen molar-refractivity contribution in [3.8, 4) is 5.75 Å². The lowest BCUT2D eigenvalue weighted by Gasteiger charge is -2.40. The molecule has 3 aromatic carbocycles. The Hall–Kier alpha value is -3.11. The summed E-state index contributed by atoms with van der Waals surface area (Å²) < 4.78 is 5.84. The summed E-state index contributed by atoms with van der Waals surface area (Å²) in [6.07, 6.45) is -0.488. The molecule has 1 amide bonds. The highest BCUT2D eigenvalue weighted by Crippen LogP contribution is 2.29. The summed E-state index contributed by atoms with van der Waals surface area (Å²) in [7, 11) is 0. The Balaban J connectivity index is 1.42. The third-order valence-corrected chi connectivity index (χ3v) is 5.63. The normalized spacial score (nSPS) is 15.7. The fraction of sp³-hybridized carbons (Fsp3) is 0.269. The van der Waals surface area contributed by atoms with Gasteiger partial charge in [0.1, 0.15) is 5.75 Å². The van der Waals surface area contributed by atoms with Crippen molar-refractivity contribution in [3.63, 3.8) is 0 Å². The van der Waals surface area contributed by atoms with E-state index in [0.717, 1.165) is 18.8 Å². The molecule has 1 aliphatic rings. The standard InChI is InChI=1S/C26H28N2O2/c1-21(30-24-15-9-4-10-16-24)26(29)28-19-17-27(18-20-28)25(22-11-5-2-6-12-22)23-13-7-3-8-14-23/h2-16,21,25H,17-20H2,1H3/t21-/m1/s1. The minimum Gasteiger partial charge on any atom is -0.481 e. The quantitative estimate of drug-likeness (QED) is 0.615. The number of carbonyl (C=O) groups is 1. The summed E-state index contributed by atoms with van der Waals surface area (Å²) in [5, 5.41) is 0. The Labute approximate surface area is 178 Å². The molecule has 0 aliphatic carbocycles. The molecule has 4 heteroatoms. The minimum absolute atomic E-state index is 0.0504. The van der Waals surface area contributed by atoms with Gasteiger partial charge in [-0.3, -0.25) is 9.69 Å². The van der Waals surface area contributed by atoms with E-state index in [2.05, 4.69) is 65.6 Å². The van der Waals surface area contributed by atoms with E-state index in [-0.39, 0.29) is 11.9 Å². The largest absolute Gasteiger partial charge is 0.481 e. The second-order valence-electron chi connectivity index (χ2n) is 7.66. The van der Waals surface area contributed by atoms with E-state index in [1.165, 1.54) is 11.1 Å². The molecule has 0 saturated carbocycles. The van der Waals surface area contributed by atoms with Gasteiger partial charge in [0.25, 0.3) is 5.91 Å². The fourth-order valence-electron chi connectivity index (χ4n) is 4.10. The second-order valence-corrected chi connectivity index (χ2v) is 7.66. The van der Waals surface area contributed by atoms with Crippen molar-refractivity contribution >= 4 is 5.91 Å². The van der Waals surface area contributed by atoms with Gasteiger partial charge in [-0.05, 0) is 30.2 Å². The molecular weight excluding hydrogens is 372 g/mol. The Bertz CT molecular complexity index is 884. The highest BCUT2D eigenvalue weighted by Gasteiger charge is 2.30. The lowest BCUT2D eigenvalue weighted by atomic mass is 9.96. The van der Waals surface area contributed by atoms with Gasteiger partial charge in [-0.25, -0.2) is 0 Å². The van der Waals surface area contributed by atoms with Crippen LogP contribution in [0.1, 0.15) is 24.1 Å². The molecule has 0 unspecified atom stereocenters. The van der Waals surface area contributed by atoms with Crippen molar-refractivity contribution in [1.29, 1.82) is 0 Å². The number of amides is 1. The molecule has 1 fully saturated rings. The zero-order valence-corrected chi connectivity index (χ0v) is 17.4. The summed E-state index contributed by atoms with van der Waals surface area (Å²) in [5.41, 5.74) is 2.56. The van der Waals surface area contributed by atoms with Crippen LogP contribution in [0.2, 0.25) is 0 Å². The van der Waals surface area contributed by atoms with Crippen LogP contribution in [0, 0.1) is 0 Å². The average Bonchev–Trinajstić information content (AvgIpc) is 2.81. The van der Waals surface area contributed by atoms with Crippen LogP contribution in [0.25, 0.3) is 0 Å². The fourth-order valence-corrected chi connectivity index (χ4v) is 4.10. The van der Waals surface area contributed by atoms with Crippen LogP contribution in [-0.4, -0.2) is 48.0 Å². The maximum atomic E-state index is 12.9. The SMILES string of the molecule is C[C@@H](Oc1ccccc1)C(=O)N1CCN(C(c2ccccc2)c2ccccc2)CC1. The highest BCUT2D eigenvalue weighted by molar-refractivity contribution is 5.81. The van der Waals surface area contributed by atoms with E-state index in [4.69, 9.17) is 4.74 Å². The van der Waals surface area contributed by atoms with Crippen LogP contribution in [-0.2, 0) is 4.79 Å². The van der Waals surface area contributed by atoms with Gasteiger partial charge in [0.15, 0.2) is 6.10 Å². The minimum atomic E-state index is -0.488. The van der Waals surface area contributed by atoms with Crippen LogP contribution in [0.15, 0.2) is 91.0 Å². The van der Waals surface area contributed by atoms with E-state index in [9.17, 15) is 4.79 Å². The molecule has 154 valence electrons. The predicted octanol–water partition coefficient (Wildman–Crippen LogP) is 4.39. The van der Waals surface area contributed by atoms with Gasteiger partial charge in [-0.15, -0.1) is 0 Å². The van der Waals surface area contributed by atoms with Crippen LogP contribution in [0.3, 0.4) is 0 Å². The summed E-state index contributed by atoms with van der Waals surface area (Å²) in [6.45, 7) is 4.91. The van der Waals surface area contributed by atoms with Crippen molar-refractivity contribution in [2.24, 2.45) is 0 Å². The van der Waals surface area contributed by atoms with E-state index in [1.807, 2.05) is 42.2 Å². The van der Waals surface area contributed by atoms with Gasteiger partial charge in [0.05, 0.1) is 6.04 Å². The maximum Gasteiger partial charge on any atom is 0.263 e. The average molecular weight is 401 g/mol. The topological polar surface area (TPSA) is 32.8 Å². The molecule has 0 N–H and O–H groups in total. The number of hydrogen-bond donors (Lipinski definition) is 0. The Morgan fingerprint density at radius 1 is 0.733 bits per heavy atom. The first-order valence-corrected chi connectivity index (χ1v) is 10.6. The molecular formula is C26H28N2O2. The van der Waals surface area contributed by atoms with E-state index in [0.29, 0.717) is 13.1 Å². The highest BCUT2D eigenvalue weighted by atomic mass is 16.5. The van der Waals surface area contributed by atoms with Gasteiger partial charge in [0.2, 0.25) is 0 Å². The first kappa shape index (κ1) is 20.2. The van der Waals surface area contributed by atoms with E-state index >= 15 is 0 Å². The van der Waals surface area contributed by atoms with Gasteiger partial charge < -0.3 is 9.64 Å². The molecule has 0 radical (unpaired) electrons. The van der Waals surface area contributed by atoms with Crippen molar-refractivity contribution in [3.05, 3.63) is 102 Å². The van der Waals surface area contributed by atoms with Crippen LogP contribution < -0.4 is 4.74 Å². The molecule has 4 nitrogen and oxygen atoms in total. The number of hydrogen-bond acceptors (Lipinski definition) is 3. The maximum absolute atomic E-state index is 12.9. The van der Waals surface area contributed by atoms with Crippen LogP contribution >= 0.6 is 0 Å². The zero-order chi connectivity index (χ0) is 20.8. The molecule has 1 aliphatic heterocycles. The Morgan fingerprint density at radius 3 is 1.70 bits per heavy atom. The number of piperazine rings is 1. The summed E-state index contributed by atoms with van der Waals surface area (Å²) >= 11 is 0. The number of benzene rings is 3. The van der Waals surface area contributed by atoms with Crippen molar-refractivity contribution in [2.75, 3.05) is 26.2 Å². The smallest absolute Gasteiger partial charge is 0.263 e. The van der Waals surface area contributed by atoms with Crippen molar-refractivity contribution in [2.45, 2.75) is 19.1 Å². The van der Waals surface area contributed by atoms with Gasteiger partial charge in [0, 0.05) is 26.2 Å². The number of nitrogens with zero attached hydrogens (tertiary/aromatic N) is 2. The Morgan fingerprint density at radius 2 is 1.20 bits per heavy atom. The van der Waals surface area contributed by atoms with Gasteiger partial charge in [-0.1, -0.05) is 78.9 Å². The van der Waals surface area contributed by atoms with Crippen molar-refractivity contribution < 1.29 is 9.53 Å². The molecule has 1 heterocycles. The van der Waals surface area contributed by atoms with Gasteiger partial charge >= 0.3 is 0 Å². The molecule has 0 bridgehead atoms. The first-order valence-electron chi connectivity index (χ1n) is 10.6. The molecule has 1 atom stereocenters. The lowest BCUT2D eigenvalue weighted by Crippen LogP contribution is -2.52. The first-order chi connectivity index (χ1) is 14.7. The number of para-hydroxylation sites is 1. The Kier molecular flexibility index (Phi) is 6.45. The van der Waals surface area contributed by atoms with E-state index in [1.54, 1.807) is 0 Å². The lowest BCUT2D eigenvalue weighted by molar-refractivity contribution is -0.140. The third kappa shape index (κ3) is 4.71. The van der Waals surface area contributed by atoms with Crippen LogP contribution in [0.5, 0.6) is 5.75 Å². The molecule has 4 rings (SSSR count). The van der Waals surface area contributed by atoms with Gasteiger partial charge in [-0.2, -0.15) is 0 Å². The van der Waals surface area contributed by atoms with Crippen LogP contribution in [0.4, 0.5) is 0 Å². The molecule has 0 aromatic heterocycles. The van der Waals surface area contributed by atoms with E-state index < -0.39 is 6.10 Å². The number of ether oxygens (including phenoxy) is 1. The molecule has 30 heavy (non-hydrogen) atoms. The molecule has 3 aromatic rings. The summed E-state index contributed by atoms with van der Waals surface area (Å²) in [4.78, 5) is 17.3. The zero-order valence-electron chi connectivity index (χ0n) is 17.4. The summed E-state index contributed by atoms with van der Waals surface area (Å²) in [5.74, 6) is 0.777. The predicted molar refractivity (Wildman–Crippen MR) is 119 cm³/mol. The second kappa shape index (κ2) is 9.59. The monoisotopic (exact) mass is 400 g/mol. The summed E-state index contributed by atoms with van der Waals surface area (Å²) in [6, 6.07) is 30.9. The third-order valence-electron chi connectivity index (χ3n) is 5.63. The molecule has 1 saturated heterocycles. The number of carbonyl (C=O) groups excluding carboxylic acids is 1. The molecule has 0 spiro atoms. The number of rotatable bonds is 6.